The van der Waals surface area contributed by atoms with Gasteiger partial charge in [-0.25, -0.2) is 9.67 Å². The van der Waals surface area contributed by atoms with Crippen molar-refractivity contribution in [2.24, 2.45) is 7.05 Å². The van der Waals surface area contributed by atoms with Crippen LogP contribution >= 0.6 is 0 Å². The summed E-state index contributed by atoms with van der Waals surface area (Å²) in [5, 5.41) is 4.25. The van der Waals surface area contributed by atoms with Crippen LogP contribution in [-0.4, -0.2) is 19.7 Å². The zero-order chi connectivity index (χ0) is 13.6. The van der Waals surface area contributed by atoms with Crippen LogP contribution in [0.15, 0.2) is 6.07 Å². The van der Waals surface area contributed by atoms with E-state index in [-0.39, 0.29) is 0 Å². The van der Waals surface area contributed by atoms with Gasteiger partial charge in [0.15, 0.2) is 0 Å². The molecular weight excluding hydrogens is 242 g/mol. The molecule has 6 nitrogen and oxygen atoms in total. The maximum absolute atomic E-state index is 5.93. The summed E-state index contributed by atoms with van der Waals surface area (Å²) >= 11 is 0. The van der Waals surface area contributed by atoms with Crippen LogP contribution in [0.5, 0.6) is 11.8 Å². The first-order valence-electron chi connectivity index (χ1n) is 6.37. The van der Waals surface area contributed by atoms with Gasteiger partial charge < -0.3 is 10.5 Å². The van der Waals surface area contributed by atoms with Gasteiger partial charge in [-0.1, -0.05) is 0 Å². The van der Waals surface area contributed by atoms with E-state index in [4.69, 9.17) is 10.5 Å². The third kappa shape index (κ3) is 2.25. The van der Waals surface area contributed by atoms with E-state index in [0.717, 1.165) is 29.9 Å². The van der Waals surface area contributed by atoms with E-state index in [9.17, 15) is 0 Å². The summed E-state index contributed by atoms with van der Waals surface area (Å²) in [5.74, 6) is 2.90. The third-order valence-corrected chi connectivity index (χ3v) is 3.26. The van der Waals surface area contributed by atoms with Gasteiger partial charge in [0.1, 0.15) is 11.6 Å². The summed E-state index contributed by atoms with van der Waals surface area (Å²) in [4.78, 5) is 8.82. The second kappa shape index (κ2) is 4.22. The number of nitrogens with two attached hydrogens (primary N) is 1. The molecule has 0 saturated heterocycles. The first-order chi connectivity index (χ1) is 9.04. The lowest BCUT2D eigenvalue weighted by Gasteiger charge is -2.10. The Balaban J connectivity index is 1.97. The molecule has 0 spiro atoms. The lowest BCUT2D eigenvalue weighted by Crippen LogP contribution is -2.05. The van der Waals surface area contributed by atoms with E-state index in [1.54, 1.807) is 4.68 Å². The number of nitrogen functional groups attached to an aromatic ring is 1. The highest BCUT2D eigenvalue weighted by molar-refractivity contribution is 5.46. The molecule has 0 unspecified atom stereocenters. The molecule has 100 valence electrons. The van der Waals surface area contributed by atoms with Crippen molar-refractivity contribution in [2.45, 2.75) is 32.6 Å². The molecule has 2 N–H and O–H groups in total. The van der Waals surface area contributed by atoms with Crippen LogP contribution in [0.2, 0.25) is 0 Å². The predicted molar refractivity (Wildman–Crippen MR) is 71.2 cm³/mol. The van der Waals surface area contributed by atoms with Crippen LogP contribution in [0.4, 0.5) is 5.82 Å². The van der Waals surface area contributed by atoms with E-state index in [2.05, 4.69) is 15.1 Å². The smallest absolute Gasteiger partial charge is 0.229 e. The average Bonchev–Trinajstić information content (AvgIpc) is 3.13. The second-order valence-corrected chi connectivity index (χ2v) is 5.02. The highest BCUT2D eigenvalue weighted by Crippen LogP contribution is 2.40. The summed E-state index contributed by atoms with van der Waals surface area (Å²) in [6.45, 7) is 3.79. The van der Waals surface area contributed by atoms with Crippen molar-refractivity contribution in [3.05, 3.63) is 23.1 Å². The maximum Gasteiger partial charge on any atom is 0.229 e. The number of rotatable bonds is 3. The molecule has 2 aromatic heterocycles. The lowest BCUT2D eigenvalue weighted by molar-refractivity contribution is 0.410. The fraction of sp³-hybridized carbons (Fsp3) is 0.462. The first kappa shape index (κ1) is 12.0. The standard InChI is InChI=1S/C13H17N5O/c1-7-6-10(18(3)17-7)19-13-8(2)11(14)15-12(16-13)9-4-5-9/h6,9H,4-5H2,1-3H3,(H2,14,15,16). The number of aryl methyl sites for hydroxylation is 2. The quantitative estimate of drug-likeness (QED) is 0.912. The van der Waals surface area contributed by atoms with Gasteiger partial charge in [0.25, 0.3) is 0 Å². The molecule has 0 aromatic carbocycles. The Kier molecular flexibility index (Phi) is 2.66. The minimum atomic E-state index is 0.443. The summed E-state index contributed by atoms with van der Waals surface area (Å²) in [6, 6.07) is 1.87. The van der Waals surface area contributed by atoms with Crippen LogP contribution in [-0.2, 0) is 7.05 Å². The molecule has 19 heavy (non-hydrogen) atoms. The van der Waals surface area contributed by atoms with Gasteiger partial charge >= 0.3 is 0 Å². The number of nitrogens with zero attached hydrogens (tertiary/aromatic N) is 4. The summed E-state index contributed by atoms with van der Waals surface area (Å²) in [5.41, 5.74) is 7.60. The molecule has 1 aliphatic rings. The topological polar surface area (TPSA) is 78.9 Å². The Morgan fingerprint density at radius 1 is 1.32 bits per heavy atom. The van der Waals surface area contributed by atoms with Crippen LogP contribution in [0.1, 0.15) is 35.8 Å². The summed E-state index contributed by atoms with van der Waals surface area (Å²) in [7, 11) is 1.84. The molecule has 1 saturated carbocycles. The largest absolute Gasteiger partial charge is 0.420 e. The van der Waals surface area contributed by atoms with Gasteiger partial charge in [0, 0.05) is 19.0 Å². The molecule has 3 rings (SSSR count). The molecule has 6 heteroatoms. The summed E-state index contributed by atoms with van der Waals surface area (Å²) in [6.07, 6.45) is 2.26. The number of aromatic nitrogens is 4. The van der Waals surface area contributed by atoms with Gasteiger partial charge in [-0.3, -0.25) is 0 Å². The van der Waals surface area contributed by atoms with E-state index in [0.29, 0.717) is 23.5 Å². The van der Waals surface area contributed by atoms with Gasteiger partial charge in [-0.05, 0) is 26.7 Å². The molecule has 0 bridgehead atoms. The van der Waals surface area contributed by atoms with Gasteiger partial charge in [-0.2, -0.15) is 10.1 Å². The fourth-order valence-electron chi connectivity index (χ4n) is 1.93. The van der Waals surface area contributed by atoms with Crippen molar-refractivity contribution >= 4 is 5.82 Å². The Hall–Kier alpha value is -2.11. The van der Waals surface area contributed by atoms with Crippen LogP contribution in [0, 0.1) is 13.8 Å². The molecule has 0 radical (unpaired) electrons. The molecule has 0 amide bonds. The molecule has 0 atom stereocenters. The van der Waals surface area contributed by atoms with Crippen LogP contribution < -0.4 is 10.5 Å². The molecule has 2 heterocycles. The maximum atomic E-state index is 5.93. The minimum Gasteiger partial charge on any atom is -0.420 e. The SMILES string of the molecule is Cc1cc(Oc2nc(C3CC3)nc(N)c2C)n(C)n1. The van der Waals surface area contributed by atoms with E-state index in [1.807, 2.05) is 27.0 Å². The van der Waals surface area contributed by atoms with Crippen LogP contribution in [0.25, 0.3) is 0 Å². The number of hydrogen-bond donors (Lipinski definition) is 1. The van der Waals surface area contributed by atoms with Gasteiger partial charge in [0.05, 0.1) is 11.3 Å². The number of anilines is 1. The van der Waals surface area contributed by atoms with E-state index < -0.39 is 0 Å². The second-order valence-electron chi connectivity index (χ2n) is 5.02. The monoisotopic (exact) mass is 259 g/mol. The zero-order valence-electron chi connectivity index (χ0n) is 11.3. The predicted octanol–water partition coefficient (Wildman–Crippen LogP) is 2.08. The van der Waals surface area contributed by atoms with Crippen molar-refractivity contribution in [3.8, 4) is 11.8 Å². The first-order valence-corrected chi connectivity index (χ1v) is 6.37. The normalized spacial score (nSPS) is 14.7. The third-order valence-electron chi connectivity index (χ3n) is 3.26. The lowest BCUT2D eigenvalue weighted by atomic mass is 10.3. The fourth-order valence-corrected chi connectivity index (χ4v) is 1.93. The molecule has 1 fully saturated rings. The van der Waals surface area contributed by atoms with Gasteiger partial charge in [0.2, 0.25) is 11.8 Å². The number of hydrogen-bond acceptors (Lipinski definition) is 5. The molecular formula is C13H17N5O. The Morgan fingerprint density at radius 3 is 2.63 bits per heavy atom. The van der Waals surface area contributed by atoms with Crippen molar-refractivity contribution in [1.82, 2.24) is 19.7 Å². The van der Waals surface area contributed by atoms with Crippen LogP contribution in [0.3, 0.4) is 0 Å². The van der Waals surface area contributed by atoms with Crippen molar-refractivity contribution in [3.63, 3.8) is 0 Å². The highest BCUT2D eigenvalue weighted by Gasteiger charge is 2.28. The molecule has 2 aromatic rings. The van der Waals surface area contributed by atoms with Crippen molar-refractivity contribution in [2.75, 3.05) is 5.73 Å². The minimum absolute atomic E-state index is 0.443. The molecule has 1 aliphatic carbocycles. The summed E-state index contributed by atoms with van der Waals surface area (Å²) < 4.78 is 7.51. The average molecular weight is 259 g/mol. The highest BCUT2D eigenvalue weighted by atomic mass is 16.5. The number of ether oxygens (including phenoxy) is 1. The molecule has 0 aliphatic heterocycles. The van der Waals surface area contributed by atoms with Crippen molar-refractivity contribution in [1.29, 1.82) is 0 Å². The zero-order valence-corrected chi connectivity index (χ0v) is 11.3. The van der Waals surface area contributed by atoms with E-state index in [1.165, 1.54) is 0 Å². The van der Waals surface area contributed by atoms with Gasteiger partial charge in [-0.15, -0.1) is 0 Å². The van der Waals surface area contributed by atoms with E-state index >= 15 is 0 Å². The Morgan fingerprint density at radius 2 is 2.05 bits per heavy atom. The Labute approximate surface area is 111 Å². The Bertz CT molecular complexity index is 630. The van der Waals surface area contributed by atoms with Crippen molar-refractivity contribution < 1.29 is 4.74 Å².